The molecular formula is C17H28BrNO2. The van der Waals surface area contributed by atoms with Gasteiger partial charge < -0.3 is 31.3 Å². The molecule has 1 heterocycles. The summed E-state index contributed by atoms with van der Waals surface area (Å²) in [5.41, 5.74) is 3.11. The molecule has 1 aromatic rings. The predicted molar refractivity (Wildman–Crippen MR) is 82.5 cm³/mol. The second kappa shape index (κ2) is 6.17. The second-order valence-electron chi connectivity index (χ2n) is 7.46. The van der Waals surface area contributed by atoms with Crippen LogP contribution in [0.5, 0.6) is 11.5 Å². The summed E-state index contributed by atoms with van der Waals surface area (Å²) in [7, 11) is 6.65. The number of phenolic OH excluding ortho intramolecular Hbond substituents is 1. The van der Waals surface area contributed by atoms with E-state index in [0.717, 1.165) is 47.2 Å². The van der Waals surface area contributed by atoms with Gasteiger partial charge in [0.15, 0.2) is 0 Å². The van der Waals surface area contributed by atoms with Crippen molar-refractivity contribution in [3.63, 3.8) is 0 Å². The number of quaternary nitrogens is 1. The van der Waals surface area contributed by atoms with Gasteiger partial charge in [-0.25, -0.2) is 0 Å². The molecule has 21 heavy (non-hydrogen) atoms. The number of rotatable bonds is 3. The topological polar surface area (TPSA) is 29.5 Å². The average molecular weight is 358 g/mol. The number of halogens is 1. The van der Waals surface area contributed by atoms with E-state index in [1.807, 2.05) is 19.9 Å². The average Bonchev–Trinajstić information content (AvgIpc) is 2.33. The van der Waals surface area contributed by atoms with E-state index in [2.05, 4.69) is 28.1 Å². The lowest BCUT2D eigenvalue weighted by molar-refractivity contribution is -0.871. The summed E-state index contributed by atoms with van der Waals surface area (Å²) < 4.78 is 7.32. The largest absolute Gasteiger partial charge is 1.00 e. The highest BCUT2D eigenvalue weighted by Crippen LogP contribution is 2.41. The minimum atomic E-state index is -0.0906. The maximum atomic E-state index is 9.94. The second-order valence-corrected chi connectivity index (χ2v) is 7.46. The van der Waals surface area contributed by atoms with Crippen molar-refractivity contribution in [3.8, 4) is 11.5 Å². The summed E-state index contributed by atoms with van der Waals surface area (Å²) in [6.07, 6.45) is 3.06. The standard InChI is InChI=1S/C17H27NO2.BrH/c1-12-11-15(19)13(2)14-7-8-17(3,20-16(12)14)9-10-18(4,5)6;/h11H,7-10H2,1-6H3;1H. The third kappa shape index (κ3) is 4.13. The molecule has 0 aliphatic carbocycles. The van der Waals surface area contributed by atoms with E-state index in [-0.39, 0.29) is 22.6 Å². The van der Waals surface area contributed by atoms with Crippen molar-refractivity contribution in [1.29, 1.82) is 0 Å². The number of fused-ring (bicyclic) bond motifs is 1. The van der Waals surface area contributed by atoms with Crippen LogP contribution in [0, 0.1) is 13.8 Å². The third-order valence-corrected chi connectivity index (χ3v) is 4.39. The normalized spacial score (nSPS) is 21.2. The van der Waals surface area contributed by atoms with E-state index in [1.165, 1.54) is 5.56 Å². The van der Waals surface area contributed by atoms with Crippen molar-refractivity contribution in [2.75, 3.05) is 27.7 Å². The van der Waals surface area contributed by atoms with E-state index in [9.17, 15) is 5.11 Å². The third-order valence-electron chi connectivity index (χ3n) is 4.39. The SMILES string of the molecule is Cc1cc(O)c(C)c2c1OC(C)(CC[N+](C)(C)C)CC2.[Br-]. The molecule has 1 atom stereocenters. The highest BCUT2D eigenvalue weighted by Gasteiger charge is 2.35. The summed E-state index contributed by atoms with van der Waals surface area (Å²) in [4.78, 5) is 0. The zero-order chi connectivity index (χ0) is 15.1. The minimum absolute atomic E-state index is 0. The Morgan fingerprint density at radius 3 is 2.48 bits per heavy atom. The van der Waals surface area contributed by atoms with Crippen molar-refractivity contribution < 1.29 is 31.3 Å². The molecule has 2 rings (SSSR count). The Hall–Kier alpha value is -0.740. The molecule has 1 N–H and O–H groups in total. The molecule has 0 saturated carbocycles. The molecule has 0 fully saturated rings. The minimum Gasteiger partial charge on any atom is -1.00 e. The molecule has 0 bridgehead atoms. The summed E-state index contributed by atoms with van der Waals surface area (Å²) in [5, 5.41) is 9.94. The Balaban J connectivity index is 0.00000220. The predicted octanol–water partition coefficient (Wildman–Crippen LogP) is 0.193. The van der Waals surface area contributed by atoms with Gasteiger partial charge in [0.1, 0.15) is 17.1 Å². The number of phenols is 1. The molecule has 1 unspecified atom stereocenters. The highest BCUT2D eigenvalue weighted by atomic mass is 79.9. The molecular weight excluding hydrogens is 330 g/mol. The molecule has 1 aliphatic rings. The molecule has 1 aromatic carbocycles. The van der Waals surface area contributed by atoms with E-state index >= 15 is 0 Å². The van der Waals surface area contributed by atoms with Gasteiger partial charge in [-0.3, -0.25) is 0 Å². The molecule has 0 amide bonds. The number of benzene rings is 1. The molecule has 120 valence electrons. The number of hydrogen-bond acceptors (Lipinski definition) is 2. The number of aryl methyl sites for hydroxylation is 1. The van der Waals surface area contributed by atoms with Crippen LogP contribution in [0.15, 0.2) is 6.07 Å². The zero-order valence-electron chi connectivity index (χ0n) is 14.1. The van der Waals surface area contributed by atoms with Gasteiger partial charge in [-0.2, -0.15) is 0 Å². The van der Waals surface area contributed by atoms with Crippen molar-refractivity contribution in [2.24, 2.45) is 0 Å². The van der Waals surface area contributed by atoms with Crippen LogP contribution in [0.25, 0.3) is 0 Å². The van der Waals surface area contributed by atoms with Gasteiger partial charge in [0.25, 0.3) is 0 Å². The van der Waals surface area contributed by atoms with Crippen LogP contribution in [0.1, 0.15) is 36.5 Å². The molecule has 3 nitrogen and oxygen atoms in total. The first-order valence-corrected chi connectivity index (χ1v) is 7.43. The van der Waals surface area contributed by atoms with Gasteiger partial charge in [-0.05, 0) is 50.8 Å². The number of ether oxygens (including phenoxy) is 1. The zero-order valence-corrected chi connectivity index (χ0v) is 15.7. The molecule has 0 radical (unpaired) electrons. The van der Waals surface area contributed by atoms with Gasteiger partial charge in [-0.1, -0.05) is 0 Å². The quantitative estimate of drug-likeness (QED) is 0.782. The highest BCUT2D eigenvalue weighted by molar-refractivity contribution is 5.53. The van der Waals surface area contributed by atoms with Crippen LogP contribution in [-0.2, 0) is 6.42 Å². The molecule has 1 aliphatic heterocycles. The smallest absolute Gasteiger partial charge is 0.126 e. The van der Waals surface area contributed by atoms with Crippen molar-refractivity contribution in [3.05, 3.63) is 22.8 Å². The first kappa shape index (κ1) is 18.3. The molecule has 0 saturated heterocycles. The first-order chi connectivity index (χ1) is 9.11. The van der Waals surface area contributed by atoms with Crippen LogP contribution >= 0.6 is 0 Å². The summed E-state index contributed by atoms with van der Waals surface area (Å²) >= 11 is 0. The van der Waals surface area contributed by atoms with Crippen LogP contribution in [0.2, 0.25) is 0 Å². The van der Waals surface area contributed by atoms with E-state index in [1.54, 1.807) is 0 Å². The fourth-order valence-electron chi connectivity index (χ4n) is 2.82. The number of nitrogens with zero attached hydrogens (tertiary/aromatic N) is 1. The Morgan fingerprint density at radius 2 is 1.90 bits per heavy atom. The van der Waals surface area contributed by atoms with Gasteiger partial charge >= 0.3 is 0 Å². The maximum Gasteiger partial charge on any atom is 0.126 e. The monoisotopic (exact) mass is 357 g/mol. The first-order valence-electron chi connectivity index (χ1n) is 7.43. The van der Waals surface area contributed by atoms with E-state index in [0.29, 0.717) is 5.75 Å². The summed E-state index contributed by atoms with van der Waals surface area (Å²) in [6, 6.07) is 1.82. The Bertz CT molecular complexity index is 523. The fourth-order valence-corrected chi connectivity index (χ4v) is 2.82. The lowest BCUT2D eigenvalue weighted by Gasteiger charge is -2.39. The lowest BCUT2D eigenvalue weighted by atomic mass is 9.86. The van der Waals surface area contributed by atoms with Gasteiger partial charge in [0.05, 0.1) is 27.7 Å². The van der Waals surface area contributed by atoms with Gasteiger partial charge in [0, 0.05) is 12.0 Å². The van der Waals surface area contributed by atoms with Gasteiger partial charge in [0.2, 0.25) is 0 Å². The molecule has 4 heteroatoms. The summed E-state index contributed by atoms with van der Waals surface area (Å²) in [6.45, 7) is 7.31. The van der Waals surface area contributed by atoms with Crippen LogP contribution in [0.3, 0.4) is 0 Å². The van der Waals surface area contributed by atoms with Crippen LogP contribution in [-0.4, -0.2) is 42.9 Å². The maximum absolute atomic E-state index is 9.94. The number of hydrogen-bond donors (Lipinski definition) is 1. The van der Waals surface area contributed by atoms with Crippen molar-refractivity contribution in [2.45, 2.75) is 45.6 Å². The number of aromatic hydroxyl groups is 1. The van der Waals surface area contributed by atoms with E-state index in [4.69, 9.17) is 4.74 Å². The van der Waals surface area contributed by atoms with Gasteiger partial charge in [-0.15, -0.1) is 0 Å². The van der Waals surface area contributed by atoms with Crippen molar-refractivity contribution in [1.82, 2.24) is 0 Å². The molecule has 0 aromatic heterocycles. The Kier molecular flexibility index (Phi) is 5.38. The Labute approximate surface area is 139 Å². The van der Waals surface area contributed by atoms with E-state index < -0.39 is 0 Å². The van der Waals surface area contributed by atoms with Crippen LogP contribution in [0.4, 0.5) is 0 Å². The Morgan fingerprint density at radius 1 is 1.29 bits per heavy atom. The lowest BCUT2D eigenvalue weighted by Crippen LogP contribution is -3.00. The van der Waals surface area contributed by atoms with Crippen molar-refractivity contribution >= 4 is 0 Å². The fraction of sp³-hybridized carbons (Fsp3) is 0.647. The summed E-state index contributed by atoms with van der Waals surface area (Å²) in [5.74, 6) is 1.38. The molecule has 0 spiro atoms. The van der Waals surface area contributed by atoms with Crippen LogP contribution < -0.4 is 21.7 Å².